The van der Waals surface area contributed by atoms with Gasteiger partial charge in [-0.1, -0.05) is 0 Å². The Morgan fingerprint density at radius 2 is 2.00 bits per heavy atom. The van der Waals surface area contributed by atoms with E-state index in [1.165, 1.54) is 0 Å². The van der Waals surface area contributed by atoms with E-state index >= 15 is 0 Å². The quantitative estimate of drug-likeness (QED) is 0.766. The van der Waals surface area contributed by atoms with Gasteiger partial charge < -0.3 is 14.7 Å². The van der Waals surface area contributed by atoms with Crippen LogP contribution in [0.2, 0.25) is 0 Å². The van der Waals surface area contributed by atoms with Crippen molar-refractivity contribution in [2.45, 2.75) is 0 Å². The molecule has 1 aromatic heterocycles. The number of rotatable bonds is 1. The van der Waals surface area contributed by atoms with Gasteiger partial charge in [0.15, 0.2) is 5.52 Å². The van der Waals surface area contributed by atoms with Gasteiger partial charge >= 0.3 is 0 Å². The maximum atomic E-state index is 9.75. The molecule has 1 aliphatic heterocycles. The fourth-order valence-electron chi connectivity index (χ4n) is 1.86. The van der Waals surface area contributed by atoms with Crippen LogP contribution in [0.4, 0.5) is 5.69 Å². The summed E-state index contributed by atoms with van der Waals surface area (Å²) in [5.74, 6) is 0.0974. The molecule has 1 aromatic carbocycles. The van der Waals surface area contributed by atoms with Crippen LogP contribution in [0.5, 0.6) is 5.75 Å². The Hall–Kier alpha value is -1.82. The molecule has 0 aliphatic carbocycles. The third-order valence-electron chi connectivity index (χ3n) is 2.70. The second kappa shape index (κ2) is 3.64. The second-order valence-electron chi connectivity index (χ2n) is 3.70. The number of aromatic nitrogens is 2. The molecule has 0 saturated carbocycles. The summed E-state index contributed by atoms with van der Waals surface area (Å²) in [5, 5.41) is 17.1. The summed E-state index contributed by atoms with van der Waals surface area (Å²) in [5.41, 5.74) is 1.89. The van der Waals surface area contributed by atoms with Crippen LogP contribution >= 0.6 is 0 Å². The first-order chi connectivity index (χ1) is 7.84. The number of morpholine rings is 1. The molecule has 0 unspecified atom stereocenters. The van der Waals surface area contributed by atoms with Crippen LogP contribution in [0.1, 0.15) is 0 Å². The number of phenols is 1. The largest absolute Gasteiger partial charge is 0.505 e. The topological polar surface area (TPSA) is 71.6 Å². The van der Waals surface area contributed by atoms with Gasteiger partial charge in [0.1, 0.15) is 11.3 Å². The zero-order valence-electron chi connectivity index (χ0n) is 8.59. The summed E-state index contributed by atoms with van der Waals surface area (Å²) < 4.78 is 9.86. The van der Waals surface area contributed by atoms with Crippen LogP contribution in [0.3, 0.4) is 0 Å². The van der Waals surface area contributed by atoms with E-state index in [-0.39, 0.29) is 5.75 Å². The van der Waals surface area contributed by atoms with Crippen molar-refractivity contribution in [2.24, 2.45) is 0 Å². The molecular formula is C10H11N3O3. The molecule has 0 atom stereocenters. The van der Waals surface area contributed by atoms with E-state index < -0.39 is 0 Å². The van der Waals surface area contributed by atoms with E-state index in [0.29, 0.717) is 24.2 Å². The van der Waals surface area contributed by atoms with Gasteiger partial charge in [-0.2, -0.15) is 0 Å². The molecule has 84 valence electrons. The summed E-state index contributed by atoms with van der Waals surface area (Å²) in [7, 11) is 0. The Bertz CT molecular complexity index is 505. The van der Waals surface area contributed by atoms with E-state index in [2.05, 4.69) is 19.8 Å². The fraction of sp³-hybridized carbons (Fsp3) is 0.400. The Labute approximate surface area is 91.4 Å². The van der Waals surface area contributed by atoms with Crippen LogP contribution in [-0.2, 0) is 4.74 Å². The standard InChI is InChI=1S/C10H11N3O3/c14-9-6-7(13-1-3-15-4-2-13)5-8-10(9)12-16-11-8/h5-6,14H,1-4H2. The normalized spacial score (nSPS) is 16.9. The first kappa shape index (κ1) is 9.41. The predicted octanol–water partition coefficient (Wildman–Crippen LogP) is 0.765. The summed E-state index contributed by atoms with van der Waals surface area (Å²) in [4.78, 5) is 2.14. The number of nitrogens with zero attached hydrogens (tertiary/aromatic N) is 3. The van der Waals surface area contributed by atoms with Crippen molar-refractivity contribution in [1.29, 1.82) is 0 Å². The van der Waals surface area contributed by atoms with E-state index in [4.69, 9.17) is 4.74 Å². The second-order valence-corrected chi connectivity index (χ2v) is 3.70. The molecule has 0 radical (unpaired) electrons. The van der Waals surface area contributed by atoms with Gasteiger partial charge in [0.05, 0.1) is 13.2 Å². The van der Waals surface area contributed by atoms with E-state index in [1.807, 2.05) is 6.07 Å². The van der Waals surface area contributed by atoms with Crippen molar-refractivity contribution in [3.8, 4) is 5.75 Å². The van der Waals surface area contributed by atoms with E-state index in [0.717, 1.165) is 18.8 Å². The zero-order valence-corrected chi connectivity index (χ0v) is 8.59. The number of aromatic hydroxyl groups is 1. The molecule has 0 amide bonds. The lowest BCUT2D eigenvalue weighted by atomic mass is 10.2. The highest BCUT2D eigenvalue weighted by atomic mass is 16.6. The van der Waals surface area contributed by atoms with Crippen LogP contribution in [0.25, 0.3) is 11.0 Å². The number of ether oxygens (including phenoxy) is 1. The van der Waals surface area contributed by atoms with Crippen LogP contribution < -0.4 is 4.90 Å². The molecule has 1 aliphatic rings. The highest BCUT2D eigenvalue weighted by Crippen LogP contribution is 2.28. The molecule has 2 aromatic rings. The summed E-state index contributed by atoms with van der Waals surface area (Å²) in [6, 6.07) is 3.54. The average molecular weight is 221 g/mol. The number of hydrogen-bond donors (Lipinski definition) is 1. The third kappa shape index (κ3) is 1.47. The lowest BCUT2D eigenvalue weighted by Gasteiger charge is -2.28. The van der Waals surface area contributed by atoms with Gasteiger partial charge in [0.25, 0.3) is 0 Å². The van der Waals surface area contributed by atoms with Crippen LogP contribution in [0, 0.1) is 0 Å². The molecule has 2 heterocycles. The SMILES string of the molecule is Oc1cc(N2CCOCC2)cc2nonc12. The van der Waals surface area contributed by atoms with Crippen molar-refractivity contribution in [2.75, 3.05) is 31.2 Å². The first-order valence-electron chi connectivity index (χ1n) is 5.12. The van der Waals surface area contributed by atoms with Gasteiger partial charge in [-0.3, -0.25) is 0 Å². The molecule has 1 saturated heterocycles. The lowest BCUT2D eigenvalue weighted by Crippen LogP contribution is -2.36. The number of anilines is 1. The van der Waals surface area contributed by atoms with Crippen molar-refractivity contribution >= 4 is 16.7 Å². The third-order valence-corrected chi connectivity index (χ3v) is 2.70. The Morgan fingerprint density at radius 3 is 2.81 bits per heavy atom. The van der Waals surface area contributed by atoms with E-state index in [9.17, 15) is 5.11 Å². The highest BCUT2D eigenvalue weighted by molar-refractivity contribution is 5.84. The van der Waals surface area contributed by atoms with Crippen molar-refractivity contribution in [3.05, 3.63) is 12.1 Å². The summed E-state index contributed by atoms with van der Waals surface area (Å²) in [6.45, 7) is 3.04. The van der Waals surface area contributed by atoms with Gasteiger partial charge in [0.2, 0.25) is 0 Å². The summed E-state index contributed by atoms with van der Waals surface area (Å²) in [6.07, 6.45) is 0. The Kier molecular flexibility index (Phi) is 2.14. The molecule has 1 fully saturated rings. The van der Waals surface area contributed by atoms with Gasteiger partial charge in [0, 0.05) is 24.8 Å². The maximum Gasteiger partial charge on any atom is 0.176 e. The molecule has 1 N–H and O–H groups in total. The van der Waals surface area contributed by atoms with Crippen molar-refractivity contribution in [3.63, 3.8) is 0 Å². The maximum absolute atomic E-state index is 9.75. The van der Waals surface area contributed by atoms with E-state index in [1.54, 1.807) is 6.07 Å². The Morgan fingerprint density at radius 1 is 1.19 bits per heavy atom. The number of fused-ring (bicyclic) bond motifs is 1. The predicted molar refractivity (Wildman–Crippen MR) is 56.5 cm³/mol. The smallest absolute Gasteiger partial charge is 0.176 e. The molecule has 0 bridgehead atoms. The van der Waals surface area contributed by atoms with Crippen molar-refractivity contribution in [1.82, 2.24) is 10.3 Å². The average Bonchev–Trinajstić information content (AvgIpc) is 2.79. The lowest BCUT2D eigenvalue weighted by molar-refractivity contribution is 0.122. The minimum absolute atomic E-state index is 0.0974. The van der Waals surface area contributed by atoms with Crippen molar-refractivity contribution < 1.29 is 14.5 Å². The molecule has 6 nitrogen and oxygen atoms in total. The Balaban J connectivity index is 2.02. The van der Waals surface area contributed by atoms with Crippen LogP contribution in [0.15, 0.2) is 16.8 Å². The first-order valence-corrected chi connectivity index (χ1v) is 5.12. The number of hydrogen-bond acceptors (Lipinski definition) is 6. The van der Waals surface area contributed by atoms with Gasteiger partial charge in [-0.05, 0) is 16.4 Å². The number of phenolic OH excluding ortho intramolecular Hbond substituents is 1. The van der Waals surface area contributed by atoms with Gasteiger partial charge in [-0.15, -0.1) is 0 Å². The monoisotopic (exact) mass is 221 g/mol. The van der Waals surface area contributed by atoms with Gasteiger partial charge in [-0.25, -0.2) is 4.63 Å². The molecule has 3 rings (SSSR count). The molecular weight excluding hydrogens is 210 g/mol. The highest BCUT2D eigenvalue weighted by Gasteiger charge is 2.15. The fourth-order valence-corrected chi connectivity index (χ4v) is 1.86. The zero-order chi connectivity index (χ0) is 11.0. The summed E-state index contributed by atoms with van der Waals surface area (Å²) >= 11 is 0. The van der Waals surface area contributed by atoms with Crippen LogP contribution in [-0.4, -0.2) is 41.7 Å². The minimum Gasteiger partial charge on any atom is -0.505 e. The minimum atomic E-state index is 0.0974. The molecule has 16 heavy (non-hydrogen) atoms. The molecule has 0 spiro atoms. The molecule has 6 heteroatoms. The number of benzene rings is 1.